The van der Waals surface area contributed by atoms with E-state index < -0.39 is 0 Å². The van der Waals surface area contributed by atoms with Gasteiger partial charge in [-0.1, -0.05) is 54.1 Å². The number of nitrogens with zero attached hydrogens (tertiary/aromatic N) is 3. The fraction of sp³-hybridized carbons (Fsp3) is 0.261. The maximum Gasteiger partial charge on any atom is 0.227 e. The molecule has 0 unspecified atom stereocenters. The molecule has 0 bridgehead atoms. The maximum absolute atomic E-state index is 12.8. The molecule has 0 N–H and O–H groups in total. The lowest BCUT2D eigenvalue weighted by Gasteiger charge is -2.33. The van der Waals surface area contributed by atoms with Crippen molar-refractivity contribution in [3.8, 4) is 11.3 Å². The summed E-state index contributed by atoms with van der Waals surface area (Å²) in [6.07, 6.45) is 5.85. The molecule has 0 aliphatic carbocycles. The van der Waals surface area contributed by atoms with Gasteiger partial charge in [0.15, 0.2) is 0 Å². The highest BCUT2D eigenvalue weighted by Crippen LogP contribution is 2.32. The normalized spacial score (nSPS) is 16.8. The van der Waals surface area contributed by atoms with Gasteiger partial charge in [0.25, 0.3) is 0 Å². The van der Waals surface area contributed by atoms with Crippen LogP contribution in [0.2, 0.25) is 5.02 Å². The fourth-order valence-corrected chi connectivity index (χ4v) is 4.01. The highest BCUT2D eigenvalue weighted by molar-refractivity contribution is 6.30. The van der Waals surface area contributed by atoms with Gasteiger partial charge in [0.05, 0.1) is 17.8 Å². The van der Waals surface area contributed by atoms with Crippen LogP contribution in [-0.4, -0.2) is 33.9 Å². The van der Waals surface area contributed by atoms with Crippen molar-refractivity contribution in [3.05, 3.63) is 83.3 Å². The minimum atomic E-state index is 0.170. The zero-order valence-corrected chi connectivity index (χ0v) is 16.3. The largest absolute Gasteiger partial charge is 0.342 e. The molecule has 5 heteroatoms. The second-order valence-corrected chi connectivity index (χ2v) is 7.58. The third-order valence-corrected chi connectivity index (χ3v) is 5.42. The molecule has 1 aromatic heterocycles. The first-order chi connectivity index (χ1) is 13.7. The standard InChI is InChI=1S/C23H22ClN3O/c24-20-10-4-8-18(15-20)22-23(26-12-11-25-22)19-9-5-13-27(16-19)21(28)14-17-6-2-1-3-7-17/h1-4,6-8,10-12,15,19H,5,9,13-14,16H2/t19-/m0/s1. The van der Waals surface area contributed by atoms with Gasteiger partial charge in [0.1, 0.15) is 0 Å². The van der Waals surface area contributed by atoms with Gasteiger partial charge >= 0.3 is 0 Å². The Morgan fingerprint density at radius 3 is 2.71 bits per heavy atom. The number of amides is 1. The quantitative estimate of drug-likeness (QED) is 0.645. The molecule has 0 spiro atoms. The van der Waals surface area contributed by atoms with Gasteiger partial charge in [-0.15, -0.1) is 0 Å². The third-order valence-electron chi connectivity index (χ3n) is 5.18. The van der Waals surface area contributed by atoms with E-state index in [-0.39, 0.29) is 11.8 Å². The first-order valence-electron chi connectivity index (χ1n) is 9.59. The Labute approximate surface area is 170 Å². The van der Waals surface area contributed by atoms with E-state index in [1.807, 2.05) is 59.5 Å². The third kappa shape index (κ3) is 4.23. The number of benzene rings is 2. The maximum atomic E-state index is 12.8. The van der Waals surface area contributed by atoms with Gasteiger partial charge in [-0.2, -0.15) is 0 Å². The molecule has 3 aromatic rings. The monoisotopic (exact) mass is 391 g/mol. The lowest BCUT2D eigenvalue weighted by molar-refractivity contribution is -0.131. The Hall–Kier alpha value is -2.72. The molecule has 142 valence electrons. The number of aromatic nitrogens is 2. The summed E-state index contributed by atoms with van der Waals surface area (Å²) in [6, 6.07) is 17.6. The predicted octanol–water partition coefficient (Wildman–Crippen LogP) is 4.75. The van der Waals surface area contributed by atoms with E-state index in [0.29, 0.717) is 18.0 Å². The van der Waals surface area contributed by atoms with Crippen LogP contribution in [0.25, 0.3) is 11.3 Å². The number of carbonyl (C=O) groups is 1. The molecule has 28 heavy (non-hydrogen) atoms. The molecule has 1 fully saturated rings. The lowest BCUT2D eigenvalue weighted by Crippen LogP contribution is -2.40. The summed E-state index contributed by atoms with van der Waals surface area (Å²) in [7, 11) is 0. The Morgan fingerprint density at radius 2 is 1.89 bits per heavy atom. The van der Waals surface area contributed by atoms with Gasteiger partial charge in [-0.3, -0.25) is 14.8 Å². The van der Waals surface area contributed by atoms with Crippen LogP contribution in [0.3, 0.4) is 0 Å². The Balaban J connectivity index is 1.55. The van der Waals surface area contributed by atoms with Crippen LogP contribution in [0.5, 0.6) is 0 Å². The van der Waals surface area contributed by atoms with E-state index >= 15 is 0 Å². The molecule has 0 radical (unpaired) electrons. The van der Waals surface area contributed by atoms with Crippen LogP contribution in [0.15, 0.2) is 67.0 Å². The van der Waals surface area contributed by atoms with Crippen molar-refractivity contribution in [2.24, 2.45) is 0 Å². The summed E-state index contributed by atoms with van der Waals surface area (Å²) < 4.78 is 0. The highest BCUT2D eigenvalue weighted by Gasteiger charge is 2.28. The Morgan fingerprint density at radius 1 is 1.07 bits per heavy atom. The second-order valence-electron chi connectivity index (χ2n) is 7.14. The van der Waals surface area contributed by atoms with E-state index in [9.17, 15) is 4.79 Å². The van der Waals surface area contributed by atoms with Crippen LogP contribution in [0.4, 0.5) is 0 Å². The van der Waals surface area contributed by atoms with Crippen molar-refractivity contribution >= 4 is 17.5 Å². The summed E-state index contributed by atoms with van der Waals surface area (Å²) in [5, 5.41) is 0.678. The number of hydrogen-bond acceptors (Lipinski definition) is 3. The van der Waals surface area contributed by atoms with Crippen LogP contribution in [0.1, 0.15) is 30.0 Å². The van der Waals surface area contributed by atoms with E-state index in [4.69, 9.17) is 11.6 Å². The van der Waals surface area contributed by atoms with Crippen molar-refractivity contribution in [3.63, 3.8) is 0 Å². The zero-order chi connectivity index (χ0) is 19.3. The minimum absolute atomic E-state index is 0.170. The van der Waals surface area contributed by atoms with Crippen LogP contribution >= 0.6 is 11.6 Å². The molecule has 1 saturated heterocycles. The number of rotatable bonds is 4. The summed E-state index contributed by atoms with van der Waals surface area (Å²) in [5.41, 5.74) is 3.81. The number of likely N-dealkylation sites (tertiary alicyclic amines) is 1. The smallest absolute Gasteiger partial charge is 0.227 e. The topological polar surface area (TPSA) is 46.1 Å². The van der Waals surface area contributed by atoms with Crippen LogP contribution in [0, 0.1) is 0 Å². The first-order valence-corrected chi connectivity index (χ1v) is 9.97. The number of hydrogen-bond donors (Lipinski definition) is 0. The van der Waals surface area contributed by atoms with Gasteiger partial charge < -0.3 is 4.90 Å². The summed E-state index contributed by atoms with van der Waals surface area (Å²) >= 11 is 6.17. The Kier molecular flexibility index (Phi) is 5.68. The van der Waals surface area contributed by atoms with E-state index in [1.165, 1.54) is 0 Å². The molecule has 2 aromatic carbocycles. The summed E-state index contributed by atoms with van der Waals surface area (Å²) in [4.78, 5) is 24.0. The molecule has 1 aliphatic heterocycles. The molecule has 4 nitrogen and oxygen atoms in total. The van der Waals surface area contributed by atoms with Gasteiger partial charge in [-0.05, 0) is 30.5 Å². The number of halogens is 1. The molecule has 1 amide bonds. The molecular weight excluding hydrogens is 370 g/mol. The SMILES string of the molecule is O=C(Cc1ccccc1)N1CCC[C@H](c2nccnc2-c2cccc(Cl)c2)C1. The van der Waals surface area contributed by atoms with Gasteiger partial charge in [0.2, 0.25) is 5.91 Å². The van der Waals surface area contributed by atoms with E-state index in [0.717, 1.165) is 41.9 Å². The van der Waals surface area contributed by atoms with Crippen molar-refractivity contribution in [2.45, 2.75) is 25.2 Å². The number of piperidine rings is 1. The zero-order valence-electron chi connectivity index (χ0n) is 15.6. The minimum Gasteiger partial charge on any atom is -0.342 e. The molecule has 4 rings (SSSR count). The molecule has 2 heterocycles. The molecular formula is C23H22ClN3O. The van der Waals surface area contributed by atoms with Crippen molar-refractivity contribution < 1.29 is 4.79 Å². The van der Waals surface area contributed by atoms with Crippen molar-refractivity contribution in [1.29, 1.82) is 0 Å². The van der Waals surface area contributed by atoms with E-state index in [1.54, 1.807) is 12.4 Å². The Bertz CT molecular complexity index is 961. The van der Waals surface area contributed by atoms with Crippen LogP contribution in [-0.2, 0) is 11.2 Å². The first kappa shape index (κ1) is 18.6. The fourth-order valence-electron chi connectivity index (χ4n) is 3.81. The van der Waals surface area contributed by atoms with Crippen LogP contribution < -0.4 is 0 Å². The van der Waals surface area contributed by atoms with Gasteiger partial charge in [-0.25, -0.2) is 0 Å². The van der Waals surface area contributed by atoms with Crippen molar-refractivity contribution in [1.82, 2.24) is 14.9 Å². The van der Waals surface area contributed by atoms with Crippen molar-refractivity contribution in [2.75, 3.05) is 13.1 Å². The highest BCUT2D eigenvalue weighted by atomic mass is 35.5. The number of carbonyl (C=O) groups excluding carboxylic acids is 1. The average molecular weight is 392 g/mol. The average Bonchev–Trinajstić information content (AvgIpc) is 2.74. The van der Waals surface area contributed by atoms with E-state index in [2.05, 4.69) is 9.97 Å². The summed E-state index contributed by atoms with van der Waals surface area (Å²) in [6.45, 7) is 1.48. The van der Waals surface area contributed by atoms with Gasteiger partial charge in [0, 0.05) is 42.0 Å². The lowest BCUT2D eigenvalue weighted by atomic mass is 9.91. The molecule has 1 aliphatic rings. The second kappa shape index (κ2) is 8.53. The summed E-state index contributed by atoms with van der Waals surface area (Å²) in [5.74, 6) is 0.347. The molecule has 0 saturated carbocycles. The molecule has 1 atom stereocenters. The predicted molar refractivity (Wildman–Crippen MR) is 111 cm³/mol.